The lowest BCUT2D eigenvalue weighted by Crippen LogP contribution is -2.26. The molecule has 0 amide bonds. The summed E-state index contributed by atoms with van der Waals surface area (Å²) in [6, 6.07) is 0. The van der Waals surface area contributed by atoms with Gasteiger partial charge < -0.3 is 5.73 Å². The molecule has 0 aromatic carbocycles. The van der Waals surface area contributed by atoms with Gasteiger partial charge >= 0.3 is 0 Å². The standard InChI is InChI=1S/C12H22N4O2S/c1-9-12(10(2)16(15-9)7-3-6-13)19(17,18)14-8-11-4-5-11/h11,14H,3-8,13H2,1-2H3. The molecule has 1 heterocycles. The first-order valence-corrected chi connectivity index (χ1v) is 8.17. The van der Waals surface area contributed by atoms with Gasteiger partial charge in [-0.05, 0) is 45.6 Å². The summed E-state index contributed by atoms with van der Waals surface area (Å²) in [6.07, 6.45) is 3.03. The van der Waals surface area contributed by atoms with E-state index in [1.165, 1.54) is 0 Å². The van der Waals surface area contributed by atoms with Gasteiger partial charge in [0.15, 0.2) is 0 Å². The predicted molar refractivity (Wildman–Crippen MR) is 73.3 cm³/mol. The van der Waals surface area contributed by atoms with E-state index < -0.39 is 10.0 Å². The van der Waals surface area contributed by atoms with E-state index in [0.29, 0.717) is 41.8 Å². The molecule has 0 unspecified atom stereocenters. The van der Waals surface area contributed by atoms with Crippen molar-refractivity contribution in [1.82, 2.24) is 14.5 Å². The van der Waals surface area contributed by atoms with E-state index in [-0.39, 0.29) is 0 Å². The third kappa shape index (κ3) is 3.34. The number of nitrogens with one attached hydrogen (secondary N) is 1. The molecule has 1 fully saturated rings. The summed E-state index contributed by atoms with van der Waals surface area (Å²) in [5.74, 6) is 0.516. The Bertz CT molecular complexity index is 546. The zero-order valence-corrected chi connectivity index (χ0v) is 12.3. The molecule has 0 atom stereocenters. The minimum Gasteiger partial charge on any atom is -0.330 e. The van der Waals surface area contributed by atoms with Gasteiger partial charge in [-0.3, -0.25) is 4.68 Å². The minimum atomic E-state index is -3.45. The molecule has 1 aliphatic carbocycles. The first-order valence-electron chi connectivity index (χ1n) is 6.69. The molecule has 0 bridgehead atoms. The second kappa shape index (κ2) is 5.60. The maximum atomic E-state index is 12.3. The molecule has 1 aromatic rings. The number of rotatable bonds is 7. The first kappa shape index (κ1) is 14.5. The summed E-state index contributed by atoms with van der Waals surface area (Å²) in [6.45, 7) is 5.29. The molecule has 1 saturated carbocycles. The quantitative estimate of drug-likeness (QED) is 0.765. The van der Waals surface area contributed by atoms with E-state index in [4.69, 9.17) is 5.73 Å². The lowest BCUT2D eigenvalue weighted by molar-refractivity contribution is 0.562. The highest BCUT2D eigenvalue weighted by Crippen LogP contribution is 2.28. The largest absolute Gasteiger partial charge is 0.330 e. The van der Waals surface area contributed by atoms with Crippen LogP contribution in [0.1, 0.15) is 30.7 Å². The number of nitrogens with zero attached hydrogens (tertiary/aromatic N) is 2. The Kier molecular flexibility index (Phi) is 4.27. The predicted octanol–water partition coefficient (Wildman–Crippen LogP) is 0.537. The molecule has 0 aliphatic heterocycles. The van der Waals surface area contributed by atoms with Crippen LogP contribution in [0.15, 0.2) is 4.90 Å². The molecule has 0 saturated heterocycles. The molecule has 3 N–H and O–H groups in total. The minimum absolute atomic E-state index is 0.324. The van der Waals surface area contributed by atoms with Gasteiger partial charge in [0.25, 0.3) is 0 Å². The molecule has 19 heavy (non-hydrogen) atoms. The van der Waals surface area contributed by atoms with Crippen LogP contribution in [0.5, 0.6) is 0 Å². The highest BCUT2D eigenvalue weighted by Gasteiger charge is 2.28. The van der Waals surface area contributed by atoms with Gasteiger partial charge in [-0.15, -0.1) is 0 Å². The lowest BCUT2D eigenvalue weighted by Gasteiger charge is -2.07. The average Bonchev–Trinajstić information content (AvgIpc) is 3.11. The maximum Gasteiger partial charge on any atom is 0.244 e. The van der Waals surface area contributed by atoms with Crippen LogP contribution >= 0.6 is 0 Å². The Morgan fingerprint density at radius 3 is 2.68 bits per heavy atom. The van der Waals surface area contributed by atoms with Crippen LogP contribution in [-0.2, 0) is 16.6 Å². The molecule has 2 rings (SSSR count). The summed E-state index contributed by atoms with van der Waals surface area (Å²) >= 11 is 0. The van der Waals surface area contributed by atoms with Crippen molar-refractivity contribution in [2.24, 2.45) is 11.7 Å². The van der Waals surface area contributed by atoms with Crippen molar-refractivity contribution in [3.8, 4) is 0 Å². The summed E-state index contributed by atoms with van der Waals surface area (Å²) < 4.78 is 29.0. The number of aromatic nitrogens is 2. The van der Waals surface area contributed by atoms with Crippen molar-refractivity contribution in [1.29, 1.82) is 0 Å². The maximum absolute atomic E-state index is 12.3. The van der Waals surface area contributed by atoms with E-state index >= 15 is 0 Å². The smallest absolute Gasteiger partial charge is 0.244 e. The Morgan fingerprint density at radius 2 is 2.11 bits per heavy atom. The Labute approximate surface area is 114 Å². The van der Waals surface area contributed by atoms with Crippen molar-refractivity contribution < 1.29 is 8.42 Å². The number of sulfonamides is 1. The van der Waals surface area contributed by atoms with Gasteiger partial charge in [0.05, 0.1) is 11.4 Å². The highest BCUT2D eigenvalue weighted by molar-refractivity contribution is 7.89. The Morgan fingerprint density at radius 1 is 1.42 bits per heavy atom. The molecule has 7 heteroatoms. The van der Waals surface area contributed by atoms with E-state index in [0.717, 1.165) is 19.3 Å². The van der Waals surface area contributed by atoms with Crippen LogP contribution in [0, 0.1) is 19.8 Å². The van der Waals surface area contributed by atoms with Gasteiger partial charge in [0, 0.05) is 13.1 Å². The highest BCUT2D eigenvalue weighted by atomic mass is 32.2. The van der Waals surface area contributed by atoms with Crippen LogP contribution in [0.3, 0.4) is 0 Å². The van der Waals surface area contributed by atoms with Crippen molar-refractivity contribution >= 4 is 10.0 Å². The third-order valence-electron chi connectivity index (χ3n) is 3.42. The van der Waals surface area contributed by atoms with Crippen LogP contribution in [0.2, 0.25) is 0 Å². The monoisotopic (exact) mass is 286 g/mol. The zero-order chi connectivity index (χ0) is 14.0. The molecule has 6 nitrogen and oxygen atoms in total. The topological polar surface area (TPSA) is 90.0 Å². The summed E-state index contributed by atoms with van der Waals surface area (Å²) in [7, 11) is -3.45. The molecule has 1 aromatic heterocycles. The van der Waals surface area contributed by atoms with Crippen LogP contribution in [-0.4, -0.2) is 31.3 Å². The van der Waals surface area contributed by atoms with Crippen LogP contribution < -0.4 is 10.5 Å². The second-order valence-corrected chi connectivity index (χ2v) is 6.86. The van der Waals surface area contributed by atoms with Crippen molar-refractivity contribution in [2.45, 2.75) is 44.6 Å². The van der Waals surface area contributed by atoms with Gasteiger partial charge in [0.1, 0.15) is 4.90 Å². The Hall–Kier alpha value is -0.920. The normalized spacial score (nSPS) is 15.9. The number of hydrogen-bond acceptors (Lipinski definition) is 4. The van der Waals surface area contributed by atoms with E-state index in [9.17, 15) is 8.42 Å². The third-order valence-corrected chi connectivity index (χ3v) is 5.09. The lowest BCUT2D eigenvalue weighted by atomic mass is 10.4. The Balaban J connectivity index is 2.19. The van der Waals surface area contributed by atoms with Crippen LogP contribution in [0.25, 0.3) is 0 Å². The van der Waals surface area contributed by atoms with E-state index in [1.807, 2.05) is 0 Å². The fraction of sp³-hybridized carbons (Fsp3) is 0.750. The van der Waals surface area contributed by atoms with Gasteiger partial charge in [0.2, 0.25) is 10.0 Å². The second-order valence-electron chi connectivity index (χ2n) is 5.16. The first-order chi connectivity index (χ1) is 8.95. The van der Waals surface area contributed by atoms with Crippen molar-refractivity contribution in [2.75, 3.05) is 13.1 Å². The van der Waals surface area contributed by atoms with E-state index in [1.54, 1.807) is 18.5 Å². The van der Waals surface area contributed by atoms with Gasteiger partial charge in [-0.2, -0.15) is 5.10 Å². The zero-order valence-electron chi connectivity index (χ0n) is 11.5. The van der Waals surface area contributed by atoms with E-state index in [2.05, 4.69) is 9.82 Å². The molecule has 0 radical (unpaired) electrons. The SMILES string of the molecule is Cc1nn(CCCN)c(C)c1S(=O)(=O)NCC1CC1. The number of hydrogen-bond donors (Lipinski definition) is 2. The fourth-order valence-corrected chi connectivity index (χ4v) is 3.67. The van der Waals surface area contributed by atoms with Gasteiger partial charge in [-0.25, -0.2) is 13.1 Å². The number of aryl methyl sites for hydroxylation is 2. The molecule has 1 aliphatic rings. The average molecular weight is 286 g/mol. The molecular formula is C12H22N4O2S. The molecular weight excluding hydrogens is 264 g/mol. The summed E-state index contributed by atoms with van der Waals surface area (Å²) in [5.41, 5.74) is 6.72. The van der Waals surface area contributed by atoms with Gasteiger partial charge in [-0.1, -0.05) is 0 Å². The molecule has 108 valence electrons. The summed E-state index contributed by atoms with van der Waals surface area (Å²) in [5, 5.41) is 4.30. The number of nitrogens with two attached hydrogens (primary N) is 1. The fourth-order valence-electron chi connectivity index (χ4n) is 2.15. The van der Waals surface area contributed by atoms with Crippen molar-refractivity contribution in [3.63, 3.8) is 0 Å². The molecule has 0 spiro atoms. The summed E-state index contributed by atoms with van der Waals surface area (Å²) in [4.78, 5) is 0.324. The van der Waals surface area contributed by atoms with Crippen molar-refractivity contribution in [3.05, 3.63) is 11.4 Å². The van der Waals surface area contributed by atoms with Crippen LogP contribution in [0.4, 0.5) is 0 Å².